The number of hydrogen-bond donors (Lipinski definition) is 0. The van der Waals surface area contributed by atoms with E-state index in [1.165, 1.54) is 18.4 Å². The normalized spacial score (nSPS) is 19.9. The van der Waals surface area contributed by atoms with Crippen molar-refractivity contribution in [3.05, 3.63) is 35.4 Å². The Morgan fingerprint density at radius 3 is 2.17 bits per heavy atom. The van der Waals surface area contributed by atoms with Crippen molar-refractivity contribution in [3.8, 4) is 0 Å². The molecule has 1 amide bonds. The highest BCUT2D eigenvalue weighted by molar-refractivity contribution is 6.02. The lowest BCUT2D eigenvalue weighted by Gasteiger charge is -2.46. The van der Waals surface area contributed by atoms with Crippen LogP contribution in [0.2, 0.25) is 0 Å². The molecule has 1 aromatic rings. The summed E-state index contributed by atoms with van der Waals surface area (Å²) in [5.41, 5.74) is 1.06. The predicted octanol–water partition coefficient (Wildman–Crippen LogP) is 4.00. The Labute approximate surface area is 137 Å². The number of likely N-dealkylation sites (tertiary alicyclic amines) is 1. The van der Waals surface area contributed by atoms with Gasteiger partial charge in [0.05, 0.1) is 5.41 Å². The first-order valence-electron chi connectivity index (χ1n) is 8.31. The van der Waals surface area contributed by atoms with E-state index < -0.39 is 11.0 Å². The third-order valence-corrected chi connectivity index (χ3v) is 4.50. The molecule has 4 heteroatoms. The molecule has 0 spiro atoms. The van der Waals surface area contributed by atoms with Crippen LogP contribution in [-0.4, -0.2) is 35.5 Å². The number of benzene rings is 1. The highest BCUT2D eigenvalue weighted by Crippen LogP contribution is 2.40. The van der Waals surface area contributed by atoms with Crippen LogP contribution in [0.25, 0.3) is 0 Å². The van der Waals surface area contributed by atoms with Crippen molar-refractivity contribution in [1.82, 2.24) is 4.90 Å². The minimum Gasteiger partial charge on any atom is -0.444 e. The summed E-state index contributed by atoms with van der Waals surface area (Å²) in [6.45, 7) is 8.30. The van der Waals surface area contributed by atoms with Gasteiger partial charge in [0.2, 0.25) is 0 Å². The molecule has 2 aliphatic rings. The fourth-order valence-corrected chi connectivity index (χ4v) is 3.07. The number of hydrogen-bond acceptors (Lipinski definition) is 3. The molecule has 1 heterocycles. The average molecular weight is 315 g/mol. The van der Waals surface area contributed by atoms with Crippen molar-refractivity contribution < 1.29 is 14.3 Å². The molecule has 1 saturated heterocycles. The van der Waals surface area contributed by atoms with Crippen molar-refractivity contribution >= 4 is 11.9 Å². The standard InChI is InChI=1S/C19H25NO3/c1-18(2,3)23-17(22)20-11-19(4,12-20)16(21)15-9-7-14(8-10-15)13-5-6-13/h7-10,13H,5-6,11-12H2,1-4H3. The average Bonchev–Trinajstić information content (AvgIpc) is 3.26. The molecule has 0 atom stereocenters. The van der Waals surface area contributed by atoms with Gasteiger partial charge in [-0.3, -0.25) is 4.79 Å². The first kappa shape index (κ1) is 16.0. The summed E-state index contributed by atoms with van der Waals surface area (Å²) in [5, 5.41) is 0. The van der Waals surface area contributed by atoms with Gasteiger partial charge in [0.25, 0.3) is 0 Å². The summed E-state index contributed by atoms with van der Waals surface area (Å²) in [4.78, 5) is 26.3. The zero-order valence-electron chi connectivity index (χ0n) is 14.4. The van der Waals surface area contributed by atoms with E-state index in [2.05, 4.69) is 12.1 Å². The van der Waals surface area contributed by atoms with E-state index in [-0.39, 0.29) is 11.9 Å². The van der Waals surface area contributed by atoms with Crippen LogP contribution in [0, 0.1) is 5.41 Å². The summed E-state index contributed by atoms with van der Waals surface area (Å²) in [5.74, 6) is 0.806. The third-order valence-electron chi connectivity index (χ3n) is 4.50. The molecule has 2 fully saturated rings. The maximum absolute atomic E-state index is 12.7. The minimum atomic E-state index is -0.508. The molecule has 3 rings (SSSR count). The number of carbonyl (C=O) groups excluding carboxylic acids is 2. The van der Waals surface area contributed by atoms with E-state index in [0.29, 0.717) is 19.0 Å². The van der Waals surface area contributed by atoms with Gasteiger partial charge in [0, 0.05) is 18.7 Å². The van der Waals surface area contributed by atoms with Crippen LogP contribution < -0.4 is 0 Å². The Hall–Kier alpha value is -1.84. The molecule has 124 valence electrons. The summed E-state index contributed by atoms with van der Waals surface area (Å²) in [6.07, 6.45) is 2.18. The van der Waals surface area contributed by atoms with Gasteiger partial charge in [-0.1, -0.05) is 24.3 Å². The zero-order valence-corrected chi connectivity index (χ0v) is 14.4. The van der Waals surface area contributed by atoms with Gasteiger partial charge < -0.3 is 9.64 Å². The van der Waals surface area contributed by atoms with Crippen molar-refractivity contribution in [2.45, 2.75) is 52.1 Å². The van der Waals surface area contributed by atoms with E-state index in [9.17, 15) is 9.59 Å². The molecule has 0 N–H and O–H groups in total. The monoisotopic (exact) mass is 315 g/mol. The van der Waals surface area contributed by atoms with Crippen LogP contribution in [0.15, 0.2) is 24.3 Å². The van der Waals surface area contributed by atoms with E-state index in [1.54, 1.807) is 4.90 Å². The van der Waals surface area contributed by atoms with Crippen LogP contribution in [0.5, 0.6) is 0 Å². The van der Waals surface area contributed by atoms with Crippen molar-refractivity contribution in [2.75, 3.05) is 13.1 Å². The molecular weight excluding hydrogens is 290 g/mol. The van der Waals surface area contributed by atoms with E-state index in [4.69, 9.17) is 4.74 Å². The molecule has 1 aliphatic heterocycles. The molecule has 23 heavy (non-hydrogen) atoms. The molecule has 0 radical (unpaired) electrons. The van der Waals surface area contributed by atoms with Gasteiger partial charge in [-0.15, -0.1) is 0 Å². The topological polar surface area (TPSA) is 46.6 Å². The smallest absolute Gasteiger partial charge is 0.410 e. The quantitative estimate of drug-likeness (QED) is 0.792. The van der Waals surface area contributed by atoms with Gasteiger partial charge in [-0.2, -0.15) is 0 Å². The summed E-state index contributed by atoms with van der Waals surface area (Å²) in [7, 11) is 0. The summed E-state index contributed by atoms with van der Waals surface area (Å²) in [6, 6.07) is 7.99. The molecule has 0 unspecified atom stereocenters. The second kappa shape index (κ2) is 5.36. The summed E-state index contributed by atoms with van der Waals surface area (Å²) >= 11 is 0. The molecule has 1 aromatic carbocycles. The maximum atomic E-state index is 12.7. The minimum absolute atomic E-state index is 0.111. The highest BCUT2D eigenvalue weighted by Gasteiger charge is 2.48. The SMILES string of the molecule is CC(C)(C)OC(=O)N1CC(C)(C(=O)c2ccc(C3CC3)cc2)C1. The van der Waals surface area contributed by atoms with Gasteiger partial charge >= 0.3 is 6.09 Å². The number of carbonyl (C=O) groups is 2. The molecule has 0 bridgehead atoms. The second-order valence-electron chi connectivity index (χ2n) is 8.12. The predicted molar refractivity (Wildman–Crippen MR) is 88.7 cm³/mol. The zero-order chi connectivity index (χ0) is 16.8. The lowest BCUT2D eigenvalue weighted by atomic mass is 9.75. The first-order valence-corrected chi connectivity index (χ1v) is 8.31. The van der Waals surface area contributed by atoms with Gasteiger partial charge in [-0.25, -0.2) is 4.79 Å². The lowest BCUT2D eigenvalue weighted by molar-refractivity contribution is -0.0197. The number of amides is 1. The number of ketones is 1. The van der Waals surface area contributed by atoms with Crippen LogP contribution >= 0.6 is 0 Å². The highest BCUT2D eigenvalue weighted by atomic mass is 16.6. The number of ether oxygens (including phenoxy) is 1. The molecule has 4 nitrogen and oxygen atoms in total. The first-order chi connectivity index (χ1) is 10.7. The second-order valence-corrected chi connectivity index (χ2v) is 8.12. The van der Waals surface area contributed by atoms with Crippen LogP contribution in [0.3, 0.4) is 0 Å². The Morgan fingerprint density at radius 1 is 1.13 bits per heavy atom. The van der Waals surface area contributed by atoms with Crippen LogP contribution in [-0.2, 0) is 4.74 Å². The van der Waals surface area contributed by atoms with E-state index in [0.717, 1.165) is 5.56 Å². The fourth-order valence-electron chi connectivity index (χ4n) is 3.07. The van der Waals surface area contributed by atoms with E-state index in [1.807, 2.05) is 39.8 Å². The van der Waals surface area contributed by atoms with Crippen molar-refractivity contribution in [2.24, 2.45) is 5.41 Å². The van der Waals surface area contributed by atoms with Crippen molar-refractivity contribution in [1.29, 1.82) is 0 Å². The molecular formula is C19H25NO3. The fraction of sp³-hybridized carbons (Fsp3) is 0.579. The Kier molecular flexibility index (Phi) is 3.74. The lowest BCUT2D eigenvalue weighted by Crippen LogP contribution is -2.61. The molecule has 0 aromatic heterocycles. The van der Waals surface area contributed by atoms with Crippen LogP contribution in [0.4, 0.5) is 4.79 Å². The van der Waals surface area contributed by atoms with Crippen LogP contribution in [0.1, 0.15) is 62.4 Å². The maximum Gasteiger partial charge on any atom is 0.410 e. The number of rotatable bonds is 3. The van der Waals surface area contributed by atoms with Gasteiger partial charge in [-0.05, 0) is 52.0 Å². The number of Topliss-reactive ketones (excluding diaryl/α,β-unsaturated/α-hetero) is 1. The number of nitrogens with zero attached hydrogens (tertiary/aromatic N) is 1. The largest absolute Gasteiger partial charge is 0.444 e. The molecule has 1 aliphatic carbocycles. The Bertz CT molecular complexity index is 617. The van der Waals surface area contributed by atoms with Gasteiger partial charge in [0.15, 0.2) is 5.78 Å². The van der Waals surface area contributed by atoms with Gasteiger partial charge in [0.1, 0.15) is 5.60 Å². The molecule has 1 saturated carbocycles. The van der Waals surface area contributed by atoms with Crippen molar-refractivity contribution in [3.63, 3.8) is 0 Å². The summed E-state index contributed by atoms with van der Waals surface area (Å²) < 4.78 is 5.35. The Morgan fingerprint density at radius 2 is 1.70 bits per heavy atom. The van der Waals surface area contributed by atoms with E-state index >= 15 is 0 Å². The Balaban J connectivity index is 1.61. The third kappa shape index (κ3) is 3.41.